The lowest BCUT2D eigenvalue weighted by molar-refractivity contribution is -0.138. The van der Waals surface area contributed by atoms with Crippen molar-refractivity contribution in [3.8, 4) is 0 Å². The van der Waals surface area contributed by atoms with Gasteiger partial charge in [0.15, 0.2) is 0 Å². The molecule has 0 saturated heterocycles. The van der Waals surface area contributed by atoms with Crippen molar-refractivity contribution in [3.05, 3.63) is 35.0 Å². The van der Waals surface area contributed by atoms with Crippen molar-refractivity contribution in [2.24, 2.45) is 0 Å². The van der Waals surface area contributed by atoms with Gasteiger partial charge in [-0.3, -0.25) is 4.79 Å². The summed E-state index contributed by atoms with van der Waals surface area (Å²) in [5, 5.41) is 10.5. The van der Waals surface area contributed by atoms with Gasteiger partial charge >= 0.3 is 5.97 Å². The molecule has 1 atom stereocenters. The minimum absolute atomic E-state index is 0.526. The largest absolute Gasteiger partial charge is 0.481 e. The highest BCUT2D eigenvalue weighted by Gasteiger charge is 2.21. The van der Waals surface area contributed by atoms with E-state index in [1.165, 1.54) is 6.26 Å². The van der Waals surface area contributed by atoms with Gasteiger partial charge in [0.2, 0.25) is 0 Å². The highest BCUT2D eigenvalue weighted by atomic mass is 35.5. The van der Waals surface area contributed by atoms with Crippen LogP contribution in [0.4, 0.5) is 0 Å². The number of carboxylic acid groups (broad SMARTS) is 1. The average molecular weight is 239 g/mol. The maximum absolute atomic E-state index is 11.1. The smallest absolute Gasteiger partial charge is 0.311 e. The third-order valence-electron chi connectivity index (χ3n) is 2.65. The summed E-state index contributed by atoms with van der Waals surface area (Å²) in [6, 6.07) is 5.22. The molecule has 0 aliphatic heterocycles. The van der Waals surface area contributed by atoms with Crippen molar-refractivity contribution in [2.45, 2.75) is 19.3 Å². The fraction of sp³-hybridized carbons (Fsp3) is 0.250. The number of aliphatic carboxylic acids is 1. The van der Waals surface area contributed by atoms with Gasteiger partial charge in [-0.1, -0.05) is 18.5 Å². The fourth-order valence-corrected chi connectivity index (χ4v) is 1.98. The van der Waals surface area contributed by atoms with E-state index in [2.05, 4.69) is 0 Å². The molecule has 0 aliphatic carbocycles. The van der Waals surface area contributed by atoms with Crippen LogP contribution in [0.1, 0.15) is 24.8 Å². The standard InChI is InChI=1S/C12H11ClO3/c1-2-8(12(14)15)10-6-16-11-5-7(13)3-4-9(10)11/h3-6,8H,2H2,1H3,(H,14,15). The summed E-state index contributed by atoms with van der Waals surface area (Å²) in [5.74, 6) is -1.36. The Hall–Kier alpha value is -1.48. The number of fused-ring (bicyclic) bond motifs is 1. The molecule has 0 aliphatic rings. The summed E-state index contributed by atoms with van der Waals surface area (Å²) in [6.07, 6.45) is 2.04. The van der Waals surface area contributed by atoms with Crippen LogP contribution < -0.4 is 0 Å². The molecule has 1 aromatic heterocycles. The third kappa shape index (κ3) is 1.78. The number of hydrogen-bond donors (Lipinski definition) is 1. The summed E-state index contributed by atoms with van der Waals surface area (Å²) in [5.41, 5.74) is 1.34. The molecule has 1 heterocycles. The summed E-state index contributed by atoms with van der Waals surface area (Å²) in [4.78, 5) is 11.1. The Bertz CT molecular complexity index is 530. The first kappa shape index (κ1) is 11.0. The number of hydrogen-bond acceptors (Lipinski definition) is 2. The average Bonchev–Trinajstić information content (AvgIpc) is 2.62. The molecular formula is C12H11ClO3. The molecule has 1 aromatic carbocycles. The molecule has 4 heteroatoms. The SMILES string of the molecule is CCC(C(=O)O)c1coc2cc(Cl)ccc12. The van der Waals surface area contributed by atoms with Crippen LogP contribution in [0.2, 0.25) is 5.02 Å². The van der Waals surface area contributed by atoms with Crippen LogP contribution in [0.3, 0.4) is 0 Å². The van der Waals surface area contributed by atoms with E-state index >= 15 is 0 Å². The van der Waals surface area contributed by atoms with Gasteiger partial charge in [-0.15, -0.1) is 0 Å². The number of furan rings is 1. The Labute approximate surface area is 97.6 Å². The molecule has 1 N–H and O–H groups in total. The van der Waals surface area contributed by atoms with E-state index in [-0.39, 0.29) is 0 Å². The van der Waals surface area contributed by atoms with Crippen molar-refractivity contribution in [1.29, 1.82) is 0 Å². The maximum Gasteiger partial charge on any atom is 0.311 e. The van der Waals surface area contributed by atoms with Crippen molar-refractivity contribution < 1.29 is 14.3 Å². The van der Waals surface area contributed by atoms with E-state index in [0.29, 0.717) is 22.6 Å². The Morgan fingerprint density at radius 3 is 2.94 bits per heavy atom. The summed E-state index contributed by atoms with van der Waals surface area (Å²) in [6.45, 7) is 1.84. The third-order valence-corrected chi connectivity index (χ3v) is 2.88. The van der Waals surface area contributed by atoms with Gasteiger partial charge in [-0.05, 0) is 24.6 Å². The molecule has 0 amide bonds. The molecule has 2 aromatic rings. The van der Waals surface area contributed by atoms with Gasteiger partial charge in [-0.25, -0.2) is 0 Å². The monoisotopic (exact) mass is 238 g/mol. The maximum atomic E-state index is 11.1. The molecule has 0 spiro atoms. The van der Waals surface area contributed by atoms with Crippen LogP contribution >= 0.6 is 11.6 Å². The lowest BCUT2D eigenvalue weighted by Gasteiger charge is -2.06. The van der Waals surface area contributed by atoms with Crippen molar-refractivity contribution in [3.63, 3.8) is 0 Å². The molecule has 1 unspecified atom stereocenters. The number of rotatable bonds is 3. The first-order valence-corrected chi connectivity index (χ1v) is 5.40. The van der Waals surface area contributed by atoms with Gasteiger partial charge < -0.3 is 9.52 Å². The number of halogens is 1. The lowest BCUT2D eigenvalue weighted by atomic mass is 9.96. The van der Waals surface area contributed by atoms with Crippen LogP contribution in [0, 0.1) is 0 Å². The van der Waals surface area contributed by atoms with Crippen molar-refractivity contribution >= 4 is 28.5 Å². The van der Waals surface area contributed by atoms with E-state index in [1.54, 1.807) is 18.2 Å². The molecule has 0 fully saturated rings. The normalized spacial score (nSPS) is 12.9. The predicted octanol–water partition coefficient (Wildman–Crippen LogP) is 3.66. The first-order valence-electron chi connectivity index (χ1n) is 5.03. The van der Waals surface area contributed by atoms with Crippen molar-refractivity contribution in [1.82, 2.24) is 0 Å². The zero-order valence-corrected chi connectivity index (χ0v) is 9.49. The van der Waals surface area contributed by atoms with Gasteiger partial charge in [0.1, 0.15) is 5.58 Å². The van der Waals surface area contributed by atoms with Crippen LogP contribution in [0.5, 0.6) is 0 Å². The molecular weight excluding hydrogens is 228 g/mol. The van der Waals surface area contributed by atoms with E-state index in [9.17, 15) is 4.79 Å². The summed E-state index contributed by atoms with van der Waals surface area (Å²) < 4.78 is 5.32. The Morgan fingerprint density at radius 2 is 2.31 bits per heavy atom. The molecule has 2 rings (SSSR count). The second kappa shape index (κ2) is 4.18. The van der Waals surface area contributed by atoms with E-state index < -0.39 is 11.9 Å². The second-order valence-corrected chi connectivity index (χ2v) is 4.07. The number of benzene rings is 1. The Morgan fingerprint density at radius 1 is 1.56 bits per heavy atom. The van der Waals surface area contributed by atoms with Gasteiger partial charge in [0, 0.05) is 16.0 Å². The number of carbonyl (C=O) groups is 1. The quantitative estimate of drug-likeness (QED) is 0.888. The second-order valence-electron chi connectivity index (χ2n) is 3.63. The zero-order chi connectivity index (χ0) is 11.7. The summed E-state index contributed by atoms with van der Waals surface area (Å²) in [7, 11) is 0. The first-order chi connectivity index (χ1) is 7.63. The highest BCUT2D eigenvalue weighted by molar-refractivity contribution is 6.31. The highest BCUT2D eigenvalue weighted by Crippen LogP contribution is 2.31. The molecule has 84 valence electrons. The van der Waals surface area contributed by atoms with Gasteiger partial charge in [-0.2, -0.15) is 0 Å². The molecule has 0 saturated carbocycles. The van der Waals surface area contributed by atoms with Crippen LogP contribution in [-0.4, -0.2) is 11.1 Å². The van der Waals surface area contributed by atoms with Crippen LogP contribution in [-0.2, 0) is 4.79 Å². The van der Waals surface area contributed by atoms with Gasteiger partial charge in [0.25, 0.3) is 0 Å². The topological polar surface area (TPSA) is 50.4 Å². The Balaban J connectivity index is 2.57. The Kier molecular flexibility index (Phi) is 2.88. The predicted molar refractivity (Wildman–Crippen MR) is 61.9 cm³/mol. The minimum atomic E-state index is -0.833. The van der Waals surface area contributed by atoms with Crippen molar-refractivity contribution in [2.75, 3.05) is 0 Å². The van der Waals surface area contributed by atoms with Crippen LogP contribution in [0.25, 0.3) is 11.0 Å². The molecule has 3 nitrogen and oxygen atoms in total. The van der Waals surface area contributed by atoms with Crippen LogP contribution in [0.15, 0.2) is 28.9 Å². The van der Waals surface area contributed by atoms with Gasteiger partial charge in [0.05, 0.1) is 12.2 Å². The molecule has 16 heavy (non-hydrogen) atoms. The summed E-state index contributed by atoms with van der Waals surface area (Å²) >= 11 is 5.83. The molecule has 0 radical (unpaired) electrons. The minimum Gasteiger partial charge on any atom is -0.481 e. The zero-order valence-electron chi connectivity index (χ0n) is 8.74. The van der Waals surface area contributed by atoms with E-state index in [0.717, 1.165) is 5.39 Å². The fourth-order valence-electron chi connectivity index (χ4n) is 1.82. The van der Waals surface area contributed by atoms with E-state index in [4.69, 9.17) is 21.1 Å². The van der Waals surface area contributed by atoms with E-state index in [1.807, 2.05) is 6.92 Å². The number of carboxylic acids is 1. The molecule has 0 bridgehead atoms. The lowest BCUT2D eigenvalue weighted by Crippen LogP contribution is -2.09.